The van der Waals surface area contributed by atoms with Gasteiger partial charge in [-0.05, 0) is 46.1 Å². The average Bonchev–Trinajstić information content (AvgIpc) is 3.01. The van der Waals surface area contributed by atoms with Crippen LogP contribution >= 0.6 is 0 Å². The van der Waals surface area contributed by atoms with Crippen LogP contribution in [0.1, 0.15) is 17.0 Å². The summed E-state index contributed by atoms with van der Waals surface area (Å²) in [4.78, 5) is 11.0. The van der Waals surface area contributed by atoms with Crippen molar-refractivity contribution in [2.24, 2.45) is 0 Å². The summed E-state index contributed by atoms with van der Waals surface area (Å²) in [6, 6.07) is 7.72. The number of nitrogens with zero attached hydrogens (tertiary/aromatic N) is 5. The second kappa shape index (κ2) is 8.26. The Kier molecular flexibility index (Phi) is 5.79. The summed E-state index contributed by atoms with van der Waals surface area (Å²) in [7, 11) is 7.58. The van der Waals surface area contributed by atoms with Crippen LogP contribution in [0.15, 0.2) is 30.5 Å². The fraction of sp³-hybridized carbons (Fsp3) is 0.350. The maximum Gasteiger partial charge on any atom is 0.229 e. The Labute approximate surface area is 165 Å². The van der Waals surface area contributed by atoms with Crippen molar-refractivity contribution in [3.8, 4) is 11.4 Å². The number of rotatable bonds is 7. The quantitative estimate of drug-likeness (QED) is 0.651. The molecule has 0 unspecified atom stereocenters. The van der Waals surface area contributed by atoms with Crippen LogP contribution < -0.4 is 15.4 Å². The van der Waals surface area contributed by atoms with Gasteiger partial charge in [-0.2, -0.15) is 10.1 Å². The van der Waals surface area contributed by atoms with Crippen molar-refractivity contribution < 1.29 is 4.74 Å². The predicted octanol–water partition coefficient (Wildman–Crippen LogP) is 3.13. The van der Waals surface area contributed by atoms with Crippen LogP contribution in [0, 0.1) is 13.8 Å². The second-order valence-electron chi connectivity index (χ2n) is 6.90. The van der Waals surface area contributed by atoms with E-state index in [0.717, 1.165) is 40.9 Å². The molecule has 0 saturated heterocycles. The molecule has 0 bridgehead atoms. The SMILES string of the molecule is CNc1cc(C)nc(Nc2ccc(OC)c(-n3cc(CN(C)C)c(C)n3)c2)n1. The van der Waals surface area contributed by atoms with Crippen molar-refractivity contribution in [2.45, 2.75) is 20.4 Å². The third-order valence-corrected chi connectivity index (χ3v) is 4.28. The van der Waals surface area contributed by atoms with Crippen molar-refractivity contribution in [3.63, 3.8) is 0 Å². The maximum absolute atomic E-state index is 5.55. The molecule has 28 heavy (non-hydrogen) atoms. The van der Waals surface area contributed by atoms with Gasteiger partial charge in [-0.3, -0.25) is 0 Å². The first-order valence-electron chi connectivity index (χ1n) is 9.08. The highest BCUT2D eigenvalue weighted by molar-refractivity contribution is 5.63. The molecule has 0 atom stereocenters. The van der Waals surface area contributed by atoms with Gasteiger partial charge < -0.3 is 20.3 Å². The van der Waals surface area contributed by atoms with Crippen LogP contribution in [0.25, 0.3) is 5.69 Å². The molecule has 0 fully saturated rings. The van der Waals surface area contributed by atoms with E-state index in [1.165, 1.54) is 5.56 Å². The number of ether oxygens (including phenoxy) is 1. The Hall–Kier alpha value is -3.13. The first-order chi connectivity index (χ1) is 13.4. The predicted molar refractivity (Wildman–Crippen MR) is 112 cm³/mol. The molecule has 0 aliphatic rings. The minimum absolute atomic E-state index is 0.533. The highest BCUT2D eigenvalue weighted by Gasteiger charge is 2.13. The zero-order chi connectivity index (χ0) is 20.3. The number of anilines is 3. The van der Waals surface area contributed by atoms with Gasteiger partial charge in [0.05, 0.1) is 12.8 Å². The van der Waals surface area contributed by atoms with Gasteiger partial charge in [-0.15, -0.1) is 0 Å². The average molecular weight is 381 g/mol. The molecule has 2 aromatic heterocycles. The molecule has 2 heterocycles. The van der Waals surface area contributed by atoms with E-state index in [0.29, 0.717) is 5.95 Å². The summed E-state index contributed by atoms with van der Waals surface area (Å²) in [5.74, 6) is 2.04. The van der Waals surface area contributed by atoms with E-state index in [1.54, 1.807) is 7.11 Å². The van der Waals surface area contributed by atoms with Crippen molar-refractivity contribution in [3.05, 3.63) is 47.4 Å². The van der Waals surface area contributed by atoms with Crippen molar-refractivity contribution in [1.82, 2.24) is 24.6 Å². The lowest BCUT2D eigenvalue weighted by molar-refractivity contribution is 0.401. The first-order valence-corrected chi connectivity index (χ1v) is 9.08. The van der Waals surface area contributed by atoms with E-state index in [1.807, 2.05) is 70.1 Å². The van der Waals surface area contributed by atoms with Crippen LogP contribution in [-0.4, -0.2) is 52.9 Å². The molecule has 2 N–H and O–H groups in total. The molecular formula is C20H27N7O. The van der Waals surface area contributed by atoms with Crippen LogP contribution in [0.2, 0.25) is 0 Å². The highest BCUT2D eigenvalue weighted by atomic mass is 16.5. The Bertz CT molecular complexity index is 965. The number of hydrogen-bond acceptors (Lipinski definition) is 7. The van der Waals surface area contributed by atoms with Crippen LogP contribution in [-0.2, 0) is 6.54 Å². The van der Waals surface area contributed by atoms with Gasteiger partial charge in [0.1, 0.15) is 17.3 Å². The van der Waals surface area contributed by atoms with E-state index < -0.39 is 0 Å². The van der Waals surface area contributed by atoms with Gasteiger partial charge in [0.2, 0.25) is 5.95 Å². The number of hydrogen-bond donors (Lipinski definition) is 2. The van der Waals surface area contributed by atoms with E-state index in [2.05, 4.69) is 30.6 Å². The van der Waals surface area contributed by atoms with Crippen molar-refractivity contribution in [1.29, 1.82) is 0 Å². The number of aromatic nitrogens is 4. The third kappa shape index (κ3) is 4.40. The van der Waals surface area contributed by atoms with E-state index in [4.69, 9.17) is 4.74 Å². The third-order valence-electron chi connectivity index (χ3n) is 4.28. The summed E-state index contributed by atoms with van der Waals surface area (Å²) >= 11 is 0. The Morgan fingerprint density at radius 1 is 1.14 bits per heavy atom. The molecule has 0 aliphatic carbocycles. The zero-order valence-electron chi connectivity index (χ0n) is 17.2. The van der Waals surface area contributed by atoms with E-state index in [-0.39, 0.29) is 0 Å². The van der Waals surface area contributed by atoms with Crippen LogP contribution in [0.3, 0.4) is 0 Å². The molecule has 3 rings (SSSR count). The van der Waals surface area contributed by atoms with Gasteiger partial charge in [-0.1, -0.05) is 0 Å². The lowest BCUT2D eigenvalue weighted by Crippen LogP contribution is -2.10. The fourth-order valence-electron chi connectivity index (χ4n) is 2.94. The zero-order valence-corrected chi connectivity index (χ0v) is 17.2. The molecule has 0 saturated carbocycles. The molecule has 0 radical (unpaired) electrons. The molecule has 1 aromatic carbocycles. The van der Waals surface area contributed by atoms with Crippen LogP contribution in [0.4, 0.5) is 17.5 Å². The number of nitrogens with one attached hydrogen (secondary N) is 2. The molecule has 0 amide bonds. The molecule has 8 nitrogen and oxygen atoms in total. The maximum atomic E-state index is 5.55. The van der Waals surface area contributed by atoms with Crippen molar-refractivity contribution in [2.75, 3.05) is 38.9 Å². The van der Waals surface area contributed by atoms with Gasteiger partial charge in [0.25, 0.3) is 0 Å². The summed E-state index contributed by atoms with van der Waals surface area (Å²) in [5, 5.41) is 11.0. The molecular weight excluding hydrogens is 354 g/mol. The largest absolute Gasteiger partial charge is 0.494 e. The number of benzene rings is 1. The van der Waals surface area contributed by atoms with Gasteiger partial charge in [0, 0.05) is 42.8 Å². The first kappa shape index (κ1) is 19.6. The smallest absolute Gasteiger partial charge is 0.229 e. The van der Waals surface area contributed by atoms with Gasteiger partial charge >= 0.3 is 0 Å². The number of aryl methyl sites for hydroxylation is 2. The fourth-order valence-corrected chi connectivity index (χ4v) is 2.94. The highest BCUT2D eigenvalue weighted by Crippen LogP contribution is 2.28. The minimum atomic E-state index is 0.533. The second-order valence-corrected chi connectivity index (χ2v) is 6.90. The Morgan fingerprint density at radius 3 is 2.61 bits per heavy atom. The summed E-state index contributed by atoms with van der Waals surface area (Å²) in [6.45, 7) is 4.78. The summed E-state index contributed by atoms with van der Waals surface area (Å²) in [5.41, 5.74) is 4.75. The van der Waals surface area contributed by atoms with Crippen LogP contribution in [0.5, 0.6) is 5.75 Å². The number of methoxy groups -OCH3 is 1. The Morgan fingerprint density at radius 2 is 1.93 bits per heavy atom. The molecule has 0 spiro atoms. The van der Waals surface area contributed by atoms with E-state index >= 15 is 0 Å². The van der Waals surface area contributed by atoms with Crippen molar-refractivity contribution >= 4 is 17.5 Å². The monoisotopic (exact) mass is 381 g/mol. The normalized spacial score (nSPS) is 11.0. The topological polar surface area (TPSA) is 80.1 Å². The summed E-state index contributed by atoms with van der Waals surface area (Å²) < 4.78 is 7.41. The molecule has 0 aliphatic heterocycles. The molecule has 8 heteroatoms. The lowest BCUT2D eigenvalue weighted by Gasteiger charge is -2.12. The standard InChI is InChI=1S/C20H27N7O/c1-13-9-19(21-3)24-20(22-13)23-16-7-8-18(28-6)17(10-16)27-12-15(11-26(4)5)14(2)25-27/h7-10,12H,11H2,1-6H3,(H2,21,22,23,24). The Balaban J connectivity index is 1.96. The van der Waals surface area contributed by atoms with Gasteiger partial charge in [0.15, 0.2) is 0 Å². The summed E-state index contributed by atoms with van der Waals surface area (Å²) in [6.07, 6.45) is 2.04. The molecule has 3 aromatic rings. The van der Waals surface area contributed by atoms with Gasteiger partial charge in [-0.25, -0.2) is 9.67 Å². The molecule has 148 valence electrons. The minimum Gasteiger partial charge on any atom is -0.494 e. The lowest BCUT2D eigenvalue weighted by atomic mass is 10.2. The van der Waals surface area contributed by atoms with E-state index in [9.17, 15) is 0 Å².